The molecule has 1 rings (SSSR count). The van der Waals surface area contributed by atoms with E-state index in [-0.39, 0.29) is 0 Å². The lowest BCUT2D eigenvalue weighted by molar-refractivity contribution is 0.277. The molecule has 62 valence electrons. The standard InChI is InChI=1S/C6H13N.C2H7N/c1-7-5-3-2-4-6-7;1-2-3/h2-6H2,1H3;2-3H2,1H3. The smallest absolute Gasteiger partial charge is 0.00218 e. The Balaban J connectivity index is 0.000000236. The first kappa shape index (κ1) is 9.92. The molecule has 1 aliphatic heterocycles. The SMILES string of the molecule is CCN.CN1CCCCC1. The molecule has 0 spiro atoms. The molecule has 2 heteroatoms. The maximum Gasteiger partial charge on any atom is -0.00218 e. The summed E-state index contributed by atoms with van der Waals surface area (Å²) in [7, 11) is 2.19. The number of hydrogen-bond donors (Lipinski definition) is 1. The molecule has 0 atom stereocenters. The normalized spacial score (nSPS) is 19.5. The zero-order valence-electron chi connectivity index (χ0n) is 7.27. The highest BCUT2D eigenvalue weighted by atomic mass is 15.1. The Bertz CT molecular complexity index is 58.3. The van der Waals surface area contributed by atoms with Crippen LogP contribution in [0.5, 0.6) is 0 Å². The molecule has 1 heterocycles. The van der Waals surface area contributed by atoms with E-state index >= 15 is 0 Å². The van der Waals surface area contributed by atoms with Crippen LogP contribution in [0.3, 0.4) is 0 Å². The second-order valence-corrected chi connectivity index (χ2v) is 2.77. The van der Waals surface area contributed by atoms with Crippen molar-refractivity contribution in [2.75, 3.05) is 26.7 Å². The molecule has 10 heavy (non-hydrogen) atoms. The van der Waals surface area contributed by atoms with Crippen LogP contribution in [0, 0.1) is 0 Å². The molecule has 0 radical (unpaired) electrons. The number of nitrogens with two attached hydrogens (primary N) is 1. The van der Waals surface area contributed by atoms with E-state index < -0.39 is 0 Å². The van der Waals surface area contributed by atoms with Gasteiger partial charge in [0.15, 0.2) is 0 Å². The van der Waals surface area contributed by atoms with Crippen LogP contribution >= 0.6 is 0 Å². The summed E-state index contributed by atoms with van der Waals surface area (Å²) in [6.45, 7) is 5.29. The number of piperidine rings is 1. The van der Waals surface area contributed by atoms with Gasteiger partial charge in [-0.05, 0) is 39.5 Å². The second-order valence-electron chi connectivity index (χ2n) is 2.77. The van der Waals surface area contributed by atoms with E-state index in [2.05, 4.69) is 11.9 Å². The van der Waals surface area contributed by atoms with Crippen molar-refractivity contribution in [3.05, 3.63) is 0 Å². The van der Waals surface area contributed by atoms with Crippen molar-refractivity contribution in [3.63, 3.8) is 0 Å². The average molecular weight is 144 g/mol. The van der Waals surface area contributed by atoms with E-state index in [1.54, 1.807) is 0 Å². The van der Waals surface area contributed by atoms with Gasteiger partial charge in [-0.25, -0.2) is 0 Å². The lowest BCUT2D eigenvalue weighted by atomic mass is 10.1. The topological polar surface area (TPSA) is 29.3 Å². The van der Waals surface area contributed by atoms with Gasteiger partial charge in [-0.2, -0.15) is 0 Å². The third-order valence-electron chi connectivity index (χ3n) is 1.58. The summed E-state index contributed by atoms with van der Waals surface area (Å²) in [5, 5.41) is 0. The Kier molecular flexibility index (Phi) is 6.98. The largest absolute Gasteiger partial charge is 0.331 e. The molecule has 1 aliphatic rings. The van der Waals surface area contributed by atoms with Gasteiger partial charge in [-0.3, -0.25) is 0 Å². The Morgan fingerprint density at radius 3 is 1.80 bits per heavy atom. The van der Waals surface area contributed by atoms with Gasteiger partial charge in [0.1, 0.15) is 0 Å². The summed E-state index contributed by atoms with van der Waals surface area (Å²) in [5.41, 5.74) is 4.85. The van der Waals surface area contributed by atoms with Gasteiger partial charge in [0.2, 0.25) is 0 Å². The molecule has 0 amide bonds. The molecular weight excluding hydrogens is 124 g/mol. The minimum Gasteiger partial charge on any atom is -0.331 e. The molecule has 0 unspecified atom stereocenters. The van der Waals surface area contributed by atoms with Crippen molar-refractivity contribution >= 4 is 0 Å². The van der Waals surface area contributed by atoms with Crippen LogP contribution in [0.25, 0.3) is 0 Å². The quantitative estimate of drug-likeness (QED) is 0.551. The first-order valence-corrected chi connectivity index (χ1v) is 4.20. The fourth-order valence-corrected chi connectivity index (χ4v) is 1.05. The van der Waals surface area contributed by atoms with Crippen molar-refractivity contribution in [1.29, 1.82) is 0 Å². The number of hydrogen-bond acceptors (Lipinski definition) is 2. The Morgan fingerprint density at radius 2 is 1.60 bits per heavy atom. The van der Waals surface area contributed by atoms with Gasteiger partial charge in [-0.15, -0.1) is 0 Å². The highest BCUT2D eigenvalue weighted by Crippen LogP contribution is 2.04. The molecule has 0 aliphatic carbocycles. The molecule has 2 nitrogen and oxygen atoms in total. The van der Waals surface area contributed by atoms with Gasteiger partial charge in [0.05, 0.1) is 0 Å². The third kappa shape index (κ3) is 6.05. The number of likely N-dealkylation sites (tertiary alicyclic amines) is 1. The van der Waals surface area contributed by atoms with E-state index in [0.29, 0.717) is 0 Å². The van der Waals surface area contributed by atoms with Crippen molar-refractivity contribution in [2.45, 2.75) is 26.2 Å². The molecule has 1 saturated heterocycles. The van der Waals surface area contributed by atoms with Crippen LogP contribution in [0.2, 0.25) is 0 Å². The molecule has 0 aromatic heterocycles. The van der Waals surface area contributed by atoms with E-state index in [9.17, 15) is 0 Å². The Morgan fingerprint density at radius 1 is 1.20 bits per heavy atom. The molecule has 2 N–H and O–H groups in total. The maximum atomic E-state index is 4.85. The van der Waals surface area contributed by atoms with Gasteiger partial charge in [0, 0.05) is 0 Å². The highest BCUT2D eigenvalue weighted by molar-refractivity contribution is 4.58. The lowest BCUT2D eigenvalue weighted by Crippen LogP contribution is -2.24. The summed E-state index contributed by atoms with van der Waals surface area (Å²) in [5.74, 6) is 0. The van der Waals surface area contributed by atoms with E-state index in [0.717, 1.165) is 6.54 Å². The van der Waals surface area contributed by atoms with Crippen LogP contribution in [-0.2, 0) is 0 Å². The third-order valence-corrected chi connectivity index (χ3v) is 1.58. The van der Waals surface area contributed by atoms with E-state index in [1.165, 1.54) is 32.4 Å². The van der Waals surface area contributed by atoms with E-state index in [1.807, 2.05) is 6.92 Å². The second kappa shape index (κ2) is 7.03. The summed E-state index contributed by atoms with van der Waals surface area (Å²) in [6, 6.07) is 0. The van der Waals surface area contributed by atoms with Crippen molar-refractivity contribution < 1.29 is 0 Å². The predicted octanol–water partition coefficient (Wildman–Crippen LogP) is 1.07. The fraction of sp³-hybridized carbons (Fsp3) is 1.00. The van der Waals surface area contributed by atoms with Gasteiger partial charge in [-0.1, -0.05) is 13.3 Å². The average Bonchev–Trinajstić information content (AvgIpc) is 1.91. The van der Waals surface area contributed by atoms with Crippen molar-refractivity contribution in [2.24, 2.45) is 5.73 Å². The lowest BCUT2D eigenvalue weighted by Gasteiger charge is -2.20. The van der Waals surface area contributed by atoms with E-state index in [4.69, 9.17) is 5.73 Å². The molecule has 0 saturated carbocycles. The predicted molar refractivity (Wildman–Crippen MR) is 46.1 cm³/mol. The van der Waals surface area contributed by atoms with Gasteiger partial charge < -0.3 is 10.6 Å². The Labute approximate surface area is 64.4 Å². The van der Waals surface area contributed by atoms with Crippen LogP contribution in [0.15, 0.2) is 0 Å². The maximum absolute atomic E-state index is 4.85. The number of nitrogens with zero attached hydrogens (tertiary/aromatic N) is 1. The number of rotatable bonds is 0. The first-order chi connectivity index (χ1) is 4.81. The van der Waals surface area contributed by atoms with Crippen LogP contribution in [0.1, 0.15) is 26.2 Å². The highest BCUT2D eigenvalue weighted by Gasteiger charge is 2.02. The molecule has 0 bridgehead atoms. The summed E-state index contributed by atoms with van der Waals surface area (Å²) in [6.07, 6.45) is 4.28. The molecule has 0 aromatic rings. The summed E-state index contributed by atoms with van der Waals surface area (Å²) in [4.78, 5) is 2.39. The molecule has 0 aromatic carbocycles. The van der Waals surface area contributed by atoms with Crippen molar-refractivity contribution in [1.82, 2.24) is 4.90 Å². The van der Waals surface area contributed by atoms with Crippen LogP contribution in [-0.4, -0.2) is 31.6 Å². The zero-order chi connectivity index (χ0) is 7.82. The molecule has 1 fully saturated rings. The Hall–Kier alpha value is -0.0800. The minimum absolute atomic E-state index is 0.750. The summed E-state index contributed by atoms with van der Waals surface area (Å²) >= 11 is 0. The van der Waals surface area contributed by atoms with Gasteiger partial charge in [0.25, 0.3) is 0 Å². The van der Waals surface area contributed by atoms with Crippen molar-refractivity contribution in [3.8, 4) is 0 Å². The minimum atomic E-state index is 0.750. The molecular formula is C8H20N2. The van der Waals surface area contributed by atoms with Crippen LogP contribution in [0.4, 0.5) is 0 Å². The monoisotopic (exact) mass is 144 g/mol. The van der Waals surface area contributed by atoms with Crippen LogP contribution < -0.4 is 5.73 Å². The van der Waals surface area contributed by atoms with Gasteiger partial charge >= 0.3 is 0 Å². The zero-order valence-corrected chi connectivity index (χ0v) is 7.27. The fourth-order valence-electron chi connectivity index (χ4n) is 1.05. The summed E-state index contributed by atoms with van der Waals surface area (Å²) < 4.78 is 0. The first-order valence-electron chi connectivity index (χ1n) is 4.20.